The SMILES string of the molecule is Brc1cccc(CCB2C3CCCC2CCC3)c1. The van der Waals surface area contributed by atoms with E-state index in [-0.39, 0.29) is 0 Å². The molecule has 0 atom stereocenters. The van der Waals surface area contributed by atoms with Gasteiger partial charge in [0.05, 0.1) is 0 Å². The minimum absolute atomic E-state index is 1.03. The molecular formula is C16H22BBr. The van der Waals surface area contributed by atoms with Gasteiger partial charge in [0.2, 0.25) is 0 Å². The maximum atomic E-state index is 3.58. The fraction of sp³-hybridized carbons (Fsp3) is 0.625. The van der Waals surface area contributed by atoms with Crippen molar-refractivity contribution in [3.63, 3.8) is 0 Å². The van der Waals surface area contributed by atoms with Crippen LogP contribution in [0.25, 0.3) is 0 Å². The van der Waals surface area contributed by atoms with Crippen LogP contribution in [0.5, 0.6) is 0 Å². The second-order valence-corrected chi connectivity index (χ2v) is 7.13. The molecule has 0 amide bonds. The molecule has 2 saturated heterocycles. The van der Waals surface area contributed by atoms with Gasteiger partial charge in [0, 0.05) is 4.47 Å². The first kappa shape index (κ1) is 12.8. The monoisotopic (exact) mass is 304 g/mol. The molecular weight excluding hydrogens is 283 g/mol. The number of aryl methyl sites for hydroxylation is 1. The summed E-state index contributed by atoms with van der Waals surface area (Å²) >= 11 is 3.58. The van der Waals surface area contributed by atoms with E-state index < -0.39 is 0 Å². The highest BCUT2D eigenvalue weighted by molar-refractivity contribution is 9.10. The number of benzene rings is 1. The van der Waals surface area contributed by atoms with Crippen LogP contribution in [0.15, 0.2) is 28.7 Å². The Morgan fingerprint density at radius 2 is 1.72 bits per heavy atom. The third-order valence-corrected chi connectivity index (χ3v) is 5.66. The molecule has 1 aromatic rings. The van der Waals surface area contributed by atoms with Gasteiger partial charge in [0.25, 0.3) is 0 Å². The van der Waals surface area contributed by atoms with Crippen LogP contribution >= 0.6 is 15.9 Å². The van der Waals surface area contributed by atoms with Crippen LogP contribution in [0.2, 0.25) is 18.0 Å². The average molecular weight is 305 g/mol. The summed E-state index contributed by atoms with van der Waals surface area (Å²) in [6.45, 7) is 1.03. The molecule has 0 N–H and O–H groups in total. The highest BCUT2D eigenvalue weighted by Crippen LogP contribution is 2.47. The predicted molar refractivity (Wildman–Crippen MR) is 83.6 cm³/mol. The van der Waals surface area contributed by atoms with Gasteiger partial charge in [-0.1, -0.05) is 84.5 Å². The highest BCUT2D eigenvalue weighted by Gasteiger charge is 2.38. The highest BCUT2D eigenvalue weighted by atomic mass is 79.9. The molecule has 18 heavy (non-hydrogen) atoms. The fourth-order valence-electron chi connectivity index (χ4n) is 4.31. The second kappa shape index (κ2) is 5.82. The van der Waals surface area contributed by atoms with E-state index in [9.17, 15) is 0 Å². The lowest BCUT2D eigenvalue weighted by atomic mass is 9.25. The van der Waals surface area contributed by atoms with Crippen LogP contribution in [0.1, 0.15) is 44.1 Å². The Morgan fingerprint density at radius 3 is 2.33 bits per heavy atom. The van der Waals surface area contributed by atoms with Gasteiger partial charge >= 0.3 is 0 Å². The lowest BCUT2D eigenvalue weighted by molar-refractivity contribution is 0.441. The molecule has 2 heteroatoms. The van der Waals surface area contributed by atoms with E-state index in [1.807, 2.05) is 0 Å². The van der Waals surface area contributed by atoms with Crippen molar-refractivity contribution >= 4 is 22.6 Å². The van der Waals surface area contributed by atoms with Gasteiger partial charge < -0.3 is 0 Å². The summed E-state index contributed by atoms with van der Waals surface area (Å²) in [4.78, 5) is 0. The molecule has 2 aliphatic heterocycles. The van der Waals surface area contributed by atoms with Crippen LogP contribution < -0.4 is 0 Å². The van der Waals surface area contributed by atoms with Crippen molar-refractivity contribution in [2.75, 3.05) is 0 Å². The Bertz CT molecular complexity index is 382. The minimum atomic E-state index is 1.03. The van der Waals surface area contributed by atoms with Gasteiger partial charge in [-0.3, -0.25) is 0 Å². The quantitative estimate of drug-likeness (QED) is 0.638. The van der Waals surface area contributed by atoms with Crippen molar-refractivity contribution < 1.29 is 0 Å². The third kappa shape index (κ3) is 2.84. The summed E-state index contributed by atoms with van der Waals surface area (Å²) in [5, 5.41) is 0. The topological polar surface area (TPSA) is 0 Å². The Hall–Kier alpha value is -0.235. The molecule has 96 valence electrons. The number of halogens is 1. The van der Waals surface area contributed by atoms with E-state index >= 15 is 0 Å². The van der Waals surface area contributed by atoms with Gasteiger partial charge in [-0.25, -0.2) is 0 Å². The first-order valence-electron chi connectivity index (χ1n) is 7.57. The zero-order valence-corrected chi connectivity index (χ0v) is 12.7. The minimum Gasteiger partial charge on any atom is -0.0696 e. The summed E-state index contributed by atoms with van der Waals surface area (Å²) in [6, 6.07) is 8.86. The van der Waals surface area contributed by atoms with Crippen molar-refractivity contribution in [1.29, 1.82) is 0 Å². The number of fused-ring (bicyclic) bond motifs is 2. The fourth-order valence-corrected chi connectivity index (χ4v) is 4.76. The predicted octanol–water partition coefficient (Wildman–Crippen LogP) is 5.59. The number of hydrogen-bond acceptors (Lipinski definition) is 0. The maximum absolute atomic E-state index is 3.58. The van der Waals surface area contributed by atoms with Gasteiger partial charge in [0.15, 0.2) is 0 Å². The van der Waals surface area contributed by atoms with Crippen molar-refractivity contribution in [3.05, 3.63) is 34.3 Å². The van der Waals surface area contributed by atoms with Crippen molar-refractivity contribution in [1.82, 2.24) is 0 Å². The van der Waals surface area contributed by atoms with Crippen molar-refractivity contribution in [2.24, 2.45) is 0 Å². The van der Waals surface area contributed by atoms with Crippen molar-refractivity contribution in [2.45, 2.75) is 62.9 Å². The molecule has 0 saturated carbocycles. The van der Waals surface area contributed by atoms with Crippen LogP contribution in [-0.4, -0.2) is 6.71 Å². The normalized spacial score (nSPS) is 27.3. The summed E-state index contributed by atoms with van der Waals surface area (Å²) in [5.74, 6) is 2.12. The smallest absolute Gasteiger partial charge is 0.0696 e. The molecule has 0 aliphatic carbocycles. The molecule has 3 rings (SSSR count). The molecule has 0 unspecified atom stereocenters. The zero-order valence-electron chi connectivity index (χ0n) is 11.1. The van der Waals surface area contributed by atoms with Gasteiger partial charge in [0.1, 0.15) is 6.71 Å². The number of hydrogen-bond donors (Lipinski definition) is 0. The van der Waals surface area contributed by atoms with Crippen molar-refractivity contribution in [3.8, 4) is 0 Å². The van der Waals surface area contributed by atoms with E-state index in [0.717, 1.165) is 18.3 Å². The first-order valence-corrected chi connectivity index (χ1v) is 8.36. The summed E-state index contributed by atoms with van der Waals surface area (Å²) in [7, 11) is 0. The number of rotatable bonds is 3. The van der Waals surface area contributed by atoms with Gasteiger partial charge in [-0.2, -0.15) is 0 Å². The van der Waals surface area contributed by atoms with Crippen LogP contribution in [-0.2, 0) is 6.42 Å². The summed E-state index contributed by atoms with van der Waals surface area (Å²) < 4.78 is 1.23. The molecule has 1 aromatic carbocycles. The first-order chi connectivity index (χ1) is 8.83. The molecule has 2 fully saturated rings. The summed E-state index contributed by atoms with van der Waals surface area (Å²) in [6.07, 6.45) is 11.8. The average Bonchev–Trinajstić information content (AvgIpc) is 2.36. The van der Waals surface area contributed by atoms with Gasteiger partial charge in [-0.15, -0.1) is 0 Å². The van der Waals surface area contributed by atoms with Crippen LogP contribution in [0, 0.1) is 0 Å². The Morgan fingerprint density at radius 1 is 1.06 bits per heavy atom. The molecule has 0 aromatic heterocycles. The lowest BCUT2D eigenvalue weighted by Gasteiger charge is -2.40. The molecule has 2 heterocycles. The molecule has 0 radical (unpaired) electrons. The Labute approximate surface area is 120 Å². The van der Waals surface area contributed by atoms with E-state index in [1.54, 1.807) is 0 Å². The molecule has 0 spiro atoms. The van der Waals surface area contributed by atoms with Crippen LogP contribution in [0.4, 0.5) is 0 Å². The second-order valence-electron chi connectivity index (χ2n) is 6.21. The summed E-state index contributed by atoms with van der Waals surface area (Å²) in [5.41, 5.74) is 1.51. The van der Waals surface area contributed by atoms with E-state index in [4.69, 9.17) is 0 Å². The zero-order chi connectivity index (χ0) is 12.4. The van der Waals surface area contributed by atoms with E-state index in [1.165, 1.54) is 61.3 Å². The molecule has 0 nitrogen and oxygen atoms in total. The maximum Gasteiger partial charge on any atom is 0.146 e. The lowest BCUT2D eigenvalue weighted by Crippen LogP contribution is -2.34. The van der Waals surface area contributed by atoms with Gasteiger partial charge in [-0.05, 0) is 24.1 Å². The Kier molecular flexibility index (Phi) is 4.13. The molecule has 2 aliphatic rings. The Balaban J connectivity index is 1.62. The largest absolute Gasteiger partial charge is 0.146 e. The molecule has 2 bridgehead atoms. The van der Waals surface area contributed by atoms with Crippen LogP contribution in [0.3, 0.4) is 0 Å². The van der Waals surface area contributed by atoms with E-state index in [0.29, 0.717) is 0 Å². The standard InChI is InChI=1S/C16H22BBr/c18-16-9-1-4-13(12-16)10-11-17-14-5-2-6-15(17)8-3-7-14/h1,4,9,12,14-15H,2-3,5-8,10-11H2. The third-order valence-electron chi connectivity index (χ3n) is 5.17. The van der Waals surface area contributed by atoms with E-state index in [2.05, 4.69) is 40.2 Å².